The van der Waals surface area contributed by atoms with Gasteiger partial charge in [-0.05, 0) is 11.4 Å². The molecule has 6 heteroatoms. The molecule has 0 spiro atoms. The fraction of sp³-hybridized carbons (Fsp3) is 0.167. The van der Waals surface area contributed by atoms with Crippen molar-refractivity contribution in [3.63, 3.8) is 0 Å². The van der Waals surface area contributed by atoms with E-state index in [0.717, 1.165) is 4.88 Å². The Kier molecular flexibility index (Phi) is 3.17. The topological polar surface area (TPSA) is 69.9 Å². The highest BCUT2D eigenvalue weighted by atomic mass is 32.1. The summed E-state index contributed by atoms with van der Waals surface area (Å²) in [6.07, 6.45) is 1.02. The normalized spacial score (nSPS) is 12.5. The zero-order valence-electron chi connectivity index (χ0n) is 6.12. The molecule has 1 heterocycles. The average Bonchev–Trinajstić information content (AvgIpc) is 2.36. The van der Waals surface area contributed by atoms with Gasteiger partial charge in [-0.3, -0.25) is 9.56 Å². The van der Waals surface area contributed by atoms with Crippen LogP contribution in [0.5, 0.6) is 0 Å². The van der Waals surface area contributed by atoms with Gasteiger partial charge in [-0.15, -0.1) is 11.3 Å². The van der Waals surface area contributed by atoms with Crippen LogP contribution in [0.4, 0.5) is 0 Å². The fourth-order valence-corrected chi connectivity index (χ4v) is 1.50. The van der Waals surface area contributed by atoms with E-state index >= 15 is 0 Å². The standard InChI is InChI=1S/C6H8NO3PS/c8-11(9,10)5-7-4-6-2-1-3-12-6/h1-4H,5H2,(H2,8,9,10). The van der Waals surface area contributed by atoms with Crippen molar-refractivity contribution in [2.75, 3.05) is 6.29 Å². The summed E-state index contributed by atoms with van der Waals surface area (Å²) >= 11 is 1.47. The summed E-state index contributed by atoms with van der Waals surface area (Å²) in [5.74, 6) is 0. The molecule has 0 aliphatic heterocycles. The van der Waals surface area contributed by atoms with Crippen molar-refractivity contribution in [3.8, 4) is 0 Å². The van der Waals surface area contributed by atoms with Gasteiger partial charge in [0.05, 0.1) is 0 Å². The van der Waals surface area contributed by atoms with Crippen LogP contribution >= 0.6 is 18.9 Å². The number of aliphatic imine (C=N–C) groups is 1. The number of hydrogen-bond donors (Lipinski definition) is 2. The van der Waals surface area contributed by atoms with Crippen LogP contribution in [0.3, 0.4) is 0 Å². The third kappa shape index (κ3) is 3.78. The van der Waals surface area contributed by atoms with Crippen LogP contribution in [0, 0.1) is 0 Å². The molecule has 0 bridgehead atoms. The van der Waals surface area contributed by atoms with Gasteiger partial charge in [0, 0.05) is 11.1 Å². The Morgan fingerprint density at radius 1 is 1.67 bits per heavy atom. The van der Waals surface area contributed by atoms with E-state index in [1.54, 1.807) is 0 Å². The Bertz CT molecular complexity index is 303. The van der Waals surface area contributed by atoms with Crippen LogP contribution < -0.4 is 0 Å². The lowest BCUT2D eigenvalue weighted by atomic mass is 10.5. The van der Waals surface area contributed by atoms with Crippen molar-refractivity contribution in [1.82, 2.24) is 0 Å². The summed E-state index contributed by atoms with van der Waals surface area (Å²) in [7, 11) is -3.98. The van der Waals surface area contributed by atoms with Gasteiger partial charge in [-0.1, -0.05) is 6.07 Å². The Morgan fingerprint density at radius 3 is 2.92 bits per heavy atom. The van der Waals surface area contributed by atoms with Crippen molar-refractivity contribution in [3.05, 3.63) is 22.4 Å². The predicted molar refractivity (Wildman–Crippen MR) is 48.8 cm³/mol. The van der Waals surface area contributed by atoms with Crippen LogP contribution in [-0.4, -0.2) is 22.3 Å². The molecule has 0 fully saturated rings. The van der Waals surface area contributed by atoms with Gasteiger partial charge in [0.1, 0.15) is 6.29 Å². The molecule has 0 aliphatic rings. The maximum absolute atomic E-state index is 10.3. The Morgan fingerprint density at radius 2 is 2.42 bits per heavy atom. The zero-order chi connectivity index (χ0) is 9.03. The first-order chi connectivity index (χ1) is 5.58. The molecule has 12 heavy (non-hydrogen) atoms. The largest absolute Gasteiger partial charge is 0.346 e. The average molecular weight is 205 g/mol. The lowest BCUT2D eigenvalue weighted by Gasteiger charge is -1.95. The highest BCUT2D eigenvalue weighted by molar-refractivity contribution is 7.51. The summed E-state index contributed by atoms with van der Waals surface area (Å²) in [6, 6.07) is 3.68. The van der Waals surface area contributed by atoms with Crippen molar-refractivity contribution in [1.29, 1.82) is 0 Å². The van der Waals surface area contributed by atoms with E-state index in [0.29, 0.717) is 0 Å². The van der Waals surface area contributed by atoms with Crippen LogP contribution in [0.2, 0.25) is 0 Å². The molecule has 0 atom stereocenters. The second-order valence-corrected chi connectivity index (χ2v) is 4.72. The first kappa shape index (κ1) is 9.61. The van der Waals surface area contributed by atoms with Gasteiger partial charge in [0.25, 0.3) is 0 Å². The number of thiophene rings is 1. The molecule has 1 aromatic heterocycles. The van der Waals surface area contributed by atoms with E-state index in [2.05, 4.69) is 4.99 Å². The number of rotatable bonds is 3. The molecule has 66 valence electrons. The second kappa shape index (κ2) is 3.96. The summed E-state index contributed by atoms with van der Waals surface area (Å²) in [4.78, 5) is 21.4. The lowest BCUT2D eigenvalue weighted by Crippen LogP contribution is -1.83. The monoisotopic (exact) mass is 205 g/mol. The minimum atomic E-state index is -3.98. The quantitative estimate of drug-likeness (QED) is 0.577. The van der Waals surface area contributed by atoms with Crippen LogP contribution in [0.15, 0.2) is 22.5 Å². The SMILES string of the molecule is O=P(O)(O)CN=Cc1cccs1. The van der Waals surface area contributed by atoms with E-state index in [-0.39, 0.29) is 0 Å². The van der Waals surface area contributed by atoms with Gasteiger partial charge in [-0.2, -0.15) is 0 Å². The van der Waals surface area contributed by atoms with Crippen LogP contribution in [-0.2, 0) is 4.57 Å². The molecular formula is C6H8NO3PS. The van der Waals surface area contributed by atoms with Gasteiger partial charge in [-0.25, -0.2) is 0 Å². The molecule has 2 N–H and O–H groups in total. The van der Waals surface area contributed by atoms with Gasteiger partial charge < -0.3 is 9.79 Å². The van der Waals surface area contributed by atoms with Crippen molar-refractivity contribution in [2.24, 2.45) is 4.99 Å². The molecule has 0 unspecified atom stereocenters. The molecule has 0 amide bonds. The van der Waals surface area contributed by atoms with Gasteiger partial charge in [0.2, 0.25) is 0 Å². The summed E-state index contributed by atoms with van der Waals surface area (Å²) < 4.78 is 10.3. The van der Waals surface area contributed by atoms with E-state index in [9.17, 15) is 4.57 Å². The minimum Gasteiger partial charge on any atom is -0.323 e. The molecule has 1 rings (SSSR count). The summed E-state index contributed by atoms with van der Waals surface area (Å²) in [5, 5.41) is 1.87. The molecule has 0 radical (unpaired) electrons. The van der Waals surface area contributed by atoms with Crippen molar-refractivity contribution in [2.45, 2.75) is 0 Å². The zero-order valence-corrected chi connectivity index (χ0v) is 7.83. The molecular weight excluding hydrogens is 197 g/mol. The van der Waals surface area contributed by atoms with E-state index in [1.165, 1.54) is 17.6 Å². The molecule has 0 saturated heterocycles. The van der Waals surface area contributed by atoms with Crippen LogP contribution in [0.1, 0.15) is 4.88 Å². The predicted octanol–water partition coefficient (Wildman–Crippen LogP) is 1.30. The highest BCUT2D eigenvalue weighted by Crippen LogP contribution is 2.33. The molecule has 1 aromatic rings. The molecule has 0 aliphatic carbocycles. The first-order valence-corrected chi connectivity index (χ1v) is 5.83. The number of nitrogens with zero attached hydrogens (tertiary/aromatic N) is 1. The first-order valence-electron chi connectivity index (χ1n) is 3.16. The molecule has 0 saturated carbocycles. The minimum absolute atomic E-state index is 0.440. The number of hydrogen-bond acceptors (Lipinski definition) is 3. The van der Waals surface area contributed by atoms with E-state index < -0.39 is 13.9 Å². The fourth-order valence-electron chi connectivity index (χ4n) is 0.602. The highest BCUT2D eigenvalue weighted by Gasteiger charge is 2.09. The van der Waals surface area contributed by atoms with E-state index in [1.807, 2.05) is 17.5 Å². The summed E-state index contributed by atoms with van der Waals surface area (Å²) in [6.45, 7) is 0. The Labute approximate surface area is 73.7 Å². The van der Waals surface area contributed by atoms with Crippen molar-refractivity contribution >= 4 is 25.1 Å². The molecule has 4 nitrogen and oxygen atoms in total. The third-order valence-electron chi connectivity index (χ3n) is 1.03. The van der Waals surface area contributed by atoms with Crippen LogP contribution in [0.25, 0.3) is 0 Å². The maximum Gasteiger partial charge on any atom is 0.346 e. The Balaban J connectivity index is 2.48. The smallest absolute Gasteiger partial charge is 0.323 e. The van der Waals surface area contributed by atoms with Gasteiger partial charge in [0.15, 0.2) is 0 Å². The Hall–Kier alpha value is -0.480. The second-order valence-electron chi connectivity index (χ2n) is 2.13. The third-order valence-corrected chi connectivity index (χ3v) is 2.37. The molecule has 0 aromatic carbocycles. The van der Waals surface area contributed by atoms with Crippen molar-refractivity contribution < 1.29 is 14.4 Å². The lowest BCUT2D eigenvalue weighted by molar-refractivity contribution is 0.374. The van der Waals surface area contributed by atoms with E-state index in [4.69, 9.17) is 9.79 Å². The van der Waals surface area contributed by atoms with Gasteiger partial charge >= 0.3 is 7.60 Å². The maximum atomic E-state index is 10.3. The summed E-state index contributed by atoms with van der Waals surface area (Å²) in [5.41, 5.74) is 0.